The summed E-state index contributed by atoms with van der Waals surface area (Å²) in [5.74, 6) is 0.532. The van der Waals surface area contributed by atoms with E-state index >= 15 is 0 Å². The Morgan fingerprint density at radius 1 is 1.18 bits per heavy atom. The number of benzene rings is 1. The Labute approximate surface area is 166 Å². The highest BCUT2D eigenvalue weighted by Gasteiger charge is 2.30. The number of carbonyl (C=O) groups is 1. The number of pyridine rings is 1. The highest BCUT2D eigenvalue weighted by atomic mass is 16.2. The summed E-state index contributed by atoms with van der Waals surface area (Å²) < 4.78 is 1.93. The minimum Gasteiger partial charge on any atom is -0.332 e. The minimum atomic E-state index is 0.0523. The molecule has 1 fully saturated rings. The molecule has 28 heavy (non-hydrogen) atoms. The van der Waals surface area contributed by atoms with Crippen molar-refractivity contribution in [1.29, 1.82) is 0 Å². The Kier molecular flexibility index (Phi) is 4.92. The summed E-state index contributed by atoms with van der Waals surface area (Å²) in [6.07, 6.45) is 4.10. The third-order valence-corrected chi connectivity index (χ3v) is 5.38. The van der Waals surface area contributed by atoms with Crippen LogP contribution in [-0.4, -0.2) is 31.6 Å². The van der Waals surface area contributed by atoms with E-state index in [1.165, 1.54) is 0 Å². The molecule has 1 aliphatic rings. The number of hydrogen-bond acceptors (Lipinski definition) is 3. The molecule has 0 aliphatic heterocycles. The first-order chi connectivity index (χ1) is 13.5. The lowest BCUT2D eigenvalue weighted by atomic mass is 10.1. The lowest BCUT2D eigenvalue weighted by Gasteiger charge is -2.27. The van der Waals surface area contributed by atoms with Crippen LogP contribution in [0.5, 0.6) is 0 Å². The fraction of sp³-hybridized carbons (Fsp3) is 0.435. The van der Waals surface area contributed by atoms with E-state index in [0.29, 0.717) is 12.5 Å². The van der Waals surface area contributed by atoms with Crippen molar-refractivity contribution >= 4 is 16.9 Å². The van der Waals surface area contributed by atoms with Gasteiger partial charge in [-0.05, 0) is 52.2 Å². The maximum atomic E-state index is 13.6. The Hall–Kier alpha value is -2.69. The quantitative estimate of drug-likeness (QED) is 0.612. The van der Waals surface area contributed by atoms with Crippen molar-refractivity contribution in [3.05, 3.63) is 59.4 Å². The maximum Gasteiger partial charge on any atom is 0.255 e. The SMILES string of the molecule is CC(C)N(Cc1ccccc1)C(=O)c1cc(C2CC2)nc2c1cnn2C(C)C. The maximum absolute atomic E-state index is 13.6. The van der Waals surface area contributed by atoms with E-state index in [9.17, 15) is 4.79 Å². The van der Waals surface area contributed by atoms with E-state index in [1.54, 1.807) is 6.20 Å². The van der Waals surface area contributed by atoms with Crippen molar-refractivity contribution in [2.24, 2.45) is 0 Å². The average Bonchev–Trinajstić information content (AvgIpc) is 3.44. The largest absolute Gasteiger partial charge is 0.332 e. The second-order valence-electron chi connectivity index (χ2n) is 8.30. The highest BCUT2D eigenvalue weighted by Crippen LogP contribution is 2.40. The molecular weight excluding hydrogens is 348 g/mol. The standard InChI is InChI=1S/C23H28N4O/c1-15(2)26(14-17-8-6-5-7-9-17)23(28)19-12-21(18-10-11-18)25-22-20(19)13-24-27(22)16(3)4/h5-9,12-13,15-16,18H,10-11,14H2,1-4H3. The first kappa shape index (κ1) is 18.7. The zero-order chi connectivity index (χ0) is 19.8. The lowest BCUT2D eigenvalue weighted by molar-refractivity contribution is 0.0692. The molecule has 5 nitrogen and oxygen atoms in total. The van der Waals surface area contributed by atoms with E-state index < -0.39 is 0 Å². The van der Waals surface area contributed by atoms with Crippen LogP contribution in [0.4, 0.5) is 0 Å². The normalized spacial score (nSPS) is 14.2. The van der Waals surface area contributed by atoms with Crippen LogP contribution in [0.1, 0.15) is 74.1 Å². The second-order valence-corrected chi connectivity index (χ2v) is 8.30. The number of carbonyl (C=O) groups excluding carboxylic acids is 1. The molecule has 0 radical (unpaired) electrons. The molecule has 0 N–H and O–H groups in total. The molecule has 0 unspecified atom stereocenters. The van der Waals surface area contributed by atoms with Crippen LogP contribution in [0.15, 0.2) is 42.6 Å². The summed E-state index contributed by atoms with van der Waals surface area (Å²) in [6.45, 7) is 8.92. The highest BCUT2D eigenvalue weighted by molar-refractivity contribution is 6.05. The summed E-state index contributed by atoms with van der Waals surface area (Å²) >= 11 is 0. The molecule has 0 saturated heterocycles. The molecule has 1 amide bonds. The predicted octanol–water partition coefficient (Wildman–Crippen LogP) is 4.94. The van der Waals surface area contributed by atoms with Crippen molar-refractivity contribution in [3.63, 3.8) is 0 Å². The van der Waals surface area contributed by atoms with Crippen molar-refractivity contribution in [3.8, 4) is 0 Å². The number of fused-ring (bicyclic) bond motifs is 1. The first-order valence-corrected chi connectivity index (χ1v) is 10.2. The summed E-state index contributed by atoms with van der Waals surface area (Å²) in [5.41, 5.74) is 3.71. The van der Waals surface area contributed by atoms with Crippen molar-refractivity contribution < 1.29 is 4.79 Å². The van der Waals surface area contributed by atoms with E-state index in [4.69, 9.17) is 4.98 Å². The van der Waals surface area contributed by atoms with Gasteiger partial charge in [0, 0.05) is 30.2 Å². The molecule has 2 heterocycles. The van der Waals surface area contributed by atoms with Gasteiger partial charge in [0.1, 0.15) is 0 Å². The number of nitrogens with zero attached hydrogens (tertiary/aromatic N) is 4. The van der Waals surface area contributed by atoms with Crippen molar-refractivity contribution in [2.75, 3.05) is 0 Å². The molecule has 1 aromatic carbocycles. The molecule has 5 heteroatoms. The van der Waals surface area contributed by atoms with Crippen LogP contribution in [0.2, 0.25) is 0 Å². The summed E-state index contributed by atoms with van der Waals surface area (Å²) in [6, 6.07) is 12.5. The minimum absolute atomic E-state index is 0.0523. The van der Waals surface area contributed by atoms with Crippen LogP contribution in [-0.2, 0) is 6.54 Å². The van der Waals surface area contributed by atoms with E-state index in [2.05, 4.69) is 44.9 Å². The summed E-state index contributed by atoms with van der Waals surface area (Å²) in [5, 5.41) is 5.38. The van der Waals surface area contributed by atoms with Gasteiger partial charge in [0.05, 0.1) is 17.1 Å². The third kappa shape index (κ3) is 3.53. The zero-order valence-electron chi connectivity index (χ0n) is 17.1. The van der Waals surface area contributed by atoms with Gasteiger partial charge in [0.15, 0.2) is 5.65 Å². The molecule has 146 valence electrons. The van der Waals surface area contributed by atoms with E-state index in [0.717, 1.165) is 40.7 Å². The predicted molar refractivity (Wildman–Crippen MR) is 111 cm³/mol. The number of amides is 1. The van der Waals surface area contributed by atoms with Crippen LogP contribution in [0, 0.1) is 0 Å². The summed E-state index contributed by atoms with van der Waals surface area (Å²) in [4.78, 5) is 20.5. The zero-order valence-corrected chi connectivity index (χ0v) is 17.1. The van der Waals surface area contributed by atoms with Gasteiger partial charge in [-0.2, -0.15) is 5.10 Å². The van der Waals surface area contributed by atoms with Gasteiger partial charge in [0.25, 0.3) is 5.91 Å². The Morgan fingerprint density at radius 3 is 2.50 bits per heavy atom. The van der Waals surface area contributed by atoms with Crippen LogP contribution in [0.25, 0.3) is 11.0 Å². The average molecular weight is 377 g/mol. The topological polar surface area (TPSA) is 51.0 Å². The number of rotatable bonds is 6. The molecule has 1 saturated carbocycles. The fourth-order valence-electron chi connectivity index (χ4n) is 3.60. The molecule has 0 bridgehead atoms. The van der Waals surface area contributed by atoms with E-state index in [-0.39, 0.29) is 18.0 Å². The van der Waals surface area contributed by atoms with Gasteiger partial charge in [-0.15, -0.1) is 0 Å². The Bertz CT molecular complexity index is 987. The Morgan fingerprint density at radius 2 is 1.89 bits per heavy atom. The van der Waals surface area contributed by atoms with Crippen LogP contribution in [0.3, 0.4) is 0 Å². The number of hydrogen-bond donors (Lipinski definition) is 0. The lowest BCUT2D eigenvalue weighted by Crippen LogP contribution is -2.36. The molecular formula is C23H28N4O. The van der Waals surface area contributed by atoms with Crippen molar-refractivity contribution in [2.45, 2.75) is 65.1 Å². The van der Waals surface area contributed by atoms with Gasteiger partial charge in [-0.3, -0.25) is 4.79 Å². The van der Waals surface area contributed by atoms with Crippen LogP contribution < -0.4 is 0 Å². The first-order valence-electron chi connectivity index (χ1n) is 10.2. The molecule has 1 aliphatic carbocycles. The second kappa shape index (κ2) is 7.38. The van der Waals surface area contributed by atoms with Gasteiger partial charge in [-0.25, -0.2) is 9.67 Å². The van der Waals surface area contributed by atoms with Gasteiger partial charge in [0.2, 0.25) is 0 Å². The molecule has 0 atom stereocenters. The van der Waals surface area contributed by atoms with Gasteiger partial charge < -0.3 is 4.90 Å². The third-order valence-electron chi connectivity index (χ3n) is 5.38. The Balaban J connectivity index is 1.78. The van der Waals surface area contributed by atoms with Crippen LogP contribution >= 0.6 is 0 Å². The van der Waals surface area contributed by atoms with Gasteiger partial charge in [-0.1, -0.05) is 30.3 Å². The smallest absolute Gasteiger partial charge is 0.255 e. The summed E-state index contributed by atoms with van der Waals surface area (Å²) in [7, 11) is 0. The fourth-order valence-corrected chi connectivity index (χ4v) is 3.60. The molecule has 0 spiro atoms. The number of aromatic nitrogens is 3. The van der Waals surface area contributed by atoms with Gasteiger partial charge >= 0.3 is 0 Å². The molecule has 3 aromatic rings. The monoisotopic (exact) mass is 376 g/mol. The molecule has 2 aromatic heterocycles. The van der Waals surface area contributed by atoms with Crippen molar-refractivity contribution in [1.82, 2.24) is 19.7 Å². The van der Waals surface area contributed by atoms with E-state index in [1.807, 2.05) is 33.8 Å². The molecule has 4 rings (SSSR count).